The summed E-state index contributed by atoms with van der Waals surface area (Å²) in [7, 11) is 0. The van der Waals surface area contributed by atoms with Crippen LogP contribution < -0.4 is 4.90 Å². The highest BCUT2D eigenvalue weighted by Crippen LogP contribution is 2.39. The summed E-state index contributed by atoms with van der Waals surface area (Å²) in [6, 6.07) is 2.59. The van der Waals surface area contributed by atoms with Gasteiger partial charge in [0.05, 0.1) is 0 Å². The Morgan fingerprint density at radius 3 is 2.68 bits per heavy atom. The molecule has 1 saturated carbocycles. The number of nitrogens with zero attached hydrogens (tertiary/aromatic N) is 3. The van der Waals surface area contributed by atoms with Crippen LogP contribution in [0.25, 0.3) is 0 Å². The highest BCUT2D eigenvalue weighted by Gasteiger charge is 2.28. The number of anilines is 1. The van der Waals surface area contributed by atoms with Crippen LogP contribution in [0.3, 0.4) is 0 Å². The van der Waals surface area contributed by atoms with Gasteiger partial charge < -0.3 is 4.90 Å². The third-order valence-corrected chi connectivity index (χ3v) is 4.22. The maximum Gasteiger partial charge on any atom is 0.135 e. The van der Waals surface area contributed by atoms with E-state index in [9.17, 15) is 0 Å². The summed E-state index contributed by atoms with van der Waals surface area (Å²) < 4.78 is 0.921. The fourth-order valence-electron chi connectivity index (χ4n) is 2.20. The van der Waals surface area contributed by atoms with E-state index in [1.54, 1.807) is 0 Å². The average molecular weight is 326 g/mol. The number of halogens is 1. The monoisotopic (exact) mass is 325 g/mol. The van der Waals surface area contributed by atoms with Crippen molar-refractivity contribution in [1.29, 1.82) is 0 Å². The van der Waals surface area contributed by atoms with Crippen molar-refractivity contribution >= 4 is 21.7 Å². The molecule has 1 unspecified atom stereocenters. The van der Waals surface area contributed by atoms with Gasteiger partial charge in [0.1, 0.15) is 16.2 Å². The average Bonchev–Trinajstić information content (AvgIpc) is 3.22. The summed E-state index contributed by atoms with van der Waals surface area (Å²) in [6.45, 7) is 7.84. The topological polar surface area (TPSA) is 29.0 Å². The van der Waals surface area contributed by atoms with Crippen LogP contribution in [0.15, 0.2) is 10.7 Å². The first-order valence-corrected chi connectivity index (χ1v) is 8.26. The zero-order chi connectivity index (χ0) is 13.8. The van der Waals surface area contributed by atoms with Gasteiger partial charge >= 0.3 is 0 Å². The van der Waals surface area contributed by atoms with E-state index < -0.39 is 0 Å². The second-order valence-corrected chi connectivity index (χ2v) is 6.30. The van der Waals surface area contributed by atoms with Crippen LogP contribution in [0.1, 0.15) is 64.6 Å². The molecule has 0 N–H and O–H groups in total. The molecule has 4 heteroatoms. The summed E-state index contributed by atoms with van der Waals surface area (Å²) in [5.41, 5.74) is 0. The SMILES string of the molecule is CCCCN(c1cc(Br)nc(C2CC2)n1)C(C)CC. The molecule has 1 fully saturated rings. The highest BCUT2D eigenvalue weighted by molar-refractivity contribution is 9.10. The van der Waals surface area contributed by atoms with Gasteiger partial charge in [-0.15, -0.1) is 0 Å². The summed E-state index contributed by atoms with van der Waals surface area (Å²) in [4.78, 5) is 11.8. The molecular formula is C15H24BrN3. The van der Waals surface area contributed by atoms with E-state index in [0.717, 1.165) is 29.2 Å². The van der Waals surface area contributed by atoms with Gasteiger partial charge in [-0.3, -0.25) is 0 Å². The third-order valence-electron chi connectivity index (χ3n) is 3.81. The first kappa shape index (κ1) is 14.8. The Bertz CT molecular complexity index is 418. The second kappa shape index (κ2) is 6.69. The maximum atomic E-state index is 4.80. The van der Waals surface area contributed by atoms with Gasteiger partial charge in [-0.2, -0.15) is 0 Å². The largest absolute Gasteiger partial charge is 0.354 e. The Morgan fingerprint density at radius 2 is 2.11 bits per heavy atom. The molecule has 19 heavy (non-hydrogen) atoms. The molecule has 0 aromatic carbocycles. The van der Waals surface area contributed by atoms with Crippen LogP contribution in [-0.4, -0.2) is 22.6 Å². The van der Waals surface area contributed by atoms with Crippen molar-refractivity contribution in [3.8, 4) is 0 Å². The van der Waals surface area contributed by atoms with E-state index in [0.29, 0.717) is 12.0 Å². The first-order valence-electron chi connectivity index (χ1n) is 7.46. The standard InChI is InChI=1S/C15H24BrN3/c1-4-6-9-19(11(3)5-2)14-10-13(16)17-15(18-14)12-7-8-12/h10-12H,4-9H2,1-3H3. The zero-order valence-corrected chi connectivity index (χ0v) is 13.8. The lowest BCUT2D eigenvalue weighted by atomic mass is 10.2. The molecule has 0 spiro atoms. The fraction of sp³-hybridized carbons (Fsp3) is 0.733. The molecule has 1 aromatic rings. The van der Waals surface area contributed by atoms with Gasteiger partial charge in [0.2, 0.25) is 0 Å². The molecule has 106 valence electrons. The van der Waals surface area contributed by atoms with E-state index in [2.05, 4.69) is 52.7 Å². The molecule has 0 saturated heterocycles. The smallest absolute Gasteiger partial charge is 0.135 e. The predicted molar refractivity (Wildman–Crippen MR) is 83.7 cm³/mol. The van der Waals surface area contributed by atoms with Gasteiger partial charge in [0.25, 0.3) is 0 Å². The maximum absolute atomic E-state index is 4.80. The lowest BCUT2D eigenvalue weighted by molar-refractivity contribution is 0.587. The molecule has 1 heterocycles. The number of hydrogen-bond donors (Lipinski definition) is 0. The van der Waals surface area contributed by atoms with Crippen LogP contribution in [-0.2, 0) is 0 Å². The quantitative estimate of drug-likeness (QED) is 0.690. The van der Waals surface area contributed by atoms with Crippen LogP contribution in [0.2, 0.25) is 0 Å². The number of rotatable bonds is 7. The minimum atomic E-state index is 0.528. The Morgan fingerprint density at radius 1 is 1.37 bits per heavy atom. The van der Waals surface area contributed by atoms with E-state index in [-0.39, 0.29) is 0 Å². The van der Waals surface area contributed by atoms with E-state index in [1.807, 2.05) is 0 Å². The van der Waals surface area contributed by atoms with Crippen molar-refractivity contribution in [2.75, 3.05) is 11.4 Å². The summed E-state index contributed by atoms with van der Waals surface area (Å²) >= 11 is 3.54. The van der Waals surface area contributed by atoms with Gasteiger partial charge in [-0.1, -0.05) is 20.3 Å². The number of unbranched alkanes of at least 4 members (excludes halogenated alkanes) is 1. The lowest BCUT2D eigenvalue weighted by Crippen LogP contribution is -2.34. The van der Waals surface area contributed by atoms with Crippen molar-refractivity contribution in [3.05, 3.63) is 16.5 Å². The molecular weight excluding hydrogens is 302 g/mol. The minimum absolute atomic E-state index is 0.528. The number of hydrogen-bond acceptors (Lipinski definition) is 3. The van der Waals surface area contributed by atoms with Crippen LogP contribution in [0, 0.1) is 0 Å². The molecule has 3 nitrogen and oxygen atoms in total. The summed E-state index contributed by atoms with van der Waals surface area (Å²) in [5.74, 6) is 2.71. The van der Waals surface area contributed by atoms with Gasteiger partial charge in [-0.05, 0) is 48.5 Å². The first-order chi connectivity index (χ1) is 9.15. The fourth-order valence-corrected chi connectivity index (χ4v) is 2.59. The van der Waals surface area contributed by atoms with Crippen LogP contribution in [0.5, 0.6) is 0 Å². The normalized spacial score (nSPS) is 16.4. The molecule has 2 rings (SSSR count). The lowest BCUT2D eigenvalue weighted by Gasteiger charge is -2.30. The highest BCUT2D eigenvalue weighted by atomic mass is 79.9. The van der Waals surface area contributed by atoms with E-state index in [1.165, 1.54) is 25.7 Å². The third kappa shape index (κ3) is 3.91. The predicted octanol–water partition coefficient (Wildman–Crippen LogP) is 4.52. The number of aromatic nitrogens is 2. The molecule has 0 aliphatic heterocycles. The Labute approximate surface area is 125 Å². The van der Waals surface area contributed by atoms with Crippen LogP contribution >= 0.6 is 15.9 Å². The van der Waals surface area contributed by atoms with Crippen molar-refractivity contribution in [2.24, 2.45) is 0 Å². The van der Waals surface area contributed by atoms with E-state index in [4.69, 9.17) is 4.98 Å². The molecule has 1 aliphatic carbocycles. The van der Waals surface area contributed by atoms with Gasteiger partial charge in [-0.25, -0.2) is 9.97 Å². The van der Waals surface area contributed by atoms with Gasteiger partial charge in [0.15, 0.2) is 0 Å². The van der Waals surface area contributed by atoms with Crippen molar-refractivity contribution in [1.82, 2.24) is 9.97 Å². The van der Waals surface area contributed by atoms with Crippen molar-refractivity contribution in [3.63, 3.8) is 0 Å². The van der Waals surface area contributed by atoms with Crippen molar-refractivity contribution in [2.45, 2.75) is 64.8 Å². The summed E-state index contributed by atoms with van der Waals surface area (Å²) in [6.07, 6.45) is 6.06. The Balaban J connectivity index is 2.23. The molecule has 1 aromatic heterocycles. The molecule has 1 aliphatic rings. The van der Waals surface area contributed by atoms with Crippen LogP contribution in [0.4, 0.5) is 5.82 Å². The van der Waals surface area contributed by atoms with Crippen molar-refractivity contribution < 1.29 is 0 Å². The molecule has 0 radical (unpaired) electrons. The Hall–Kier alpha value is -0.640. The molecule has 0 bridgehead atoms. The van der Waals surface area contributed by atoms with E-state index >= 15 is 0 Å². The summed E-state index contributed by atoms with van der Waals surface area (Å²) in [5, 5.41) is 0. The minimum Gasteiger partial charge on any atom is -0.354 e. The Kier molecular flexibility index (Phi) is 5.20. The second-order valence-electron chi connectivity index (χ2n) is 5.49. The molecule has 1 atom stereocenters. The molecule has 0 amide bonds. The van der Waals surface area contributed by atoms with Gasteiger partial charge in [0, 0.05) is 24.6 Å². The zero-order valence-electron chi connectivity index (χ0n) is 12.2.